The second-order valence-electron chi connectivity index (χ2n) is 13.9. The second-order valence-corrected chi connectivity index (χ2v) is 13.9. The van der Waals surface area contributed by atoms with Gasteiger partial charge in [0.1, 0.15) is 0 Å². The molecule has 0 aromatic heterocycles. The van der Waals surface area contributed by atoms with E-state index in [1.165, 1.54) is 11.1 Å². The van der Waals surface area contributed by atoms with Gasteiger partial charge in [-0.15, -0.1) is 0 Å². The molecule has 0 radical (unpaired) electrons. The highest BCUT2D eigenvalue weighted by molar-refractivity contribution is 5.71. The van der Waals surface area contributed by atoms with E-state index in [9.17, 15) is 20.1 Å². The predicted molar refractivity (Wildman–Crippen MR) is 141 cm³/mol. The highest BCUT2D eigenvalue weighted by Gasteiger charge is 2.66. The molecule has 35 heavy (non-hydrogen) atoms. The van der Waals surface area contributed by atoms with Gasteiger partial charge in [0.2, 0.25) is 0 Å². The highest BCUT2D eigenvalue weighted by Crippen LogP contribution is 2.71. The van der Waals surface area contributed by atoms with E-state index in [-0.39, 0.29) is 33.7 Å². The molecular weight excluding hydrogens is 436 g/mol. The zero-order valence-corrected chi connectivity index (χ0v) is 23.0. The molecule has 2 saturated carbocycles. The van der Waals surface area contributed by atoms with Gasteiger partial charge in [0.05, 0.1) is 18.1 Å². The molecule has 0 spiro atoms. The maximum Gasteiger partial charge on any atom is 0.306 e. The molecule has 0 bridgehead atoms. The number of allylic oxidation sites excluding steroid dienone is 5. The Morgan fingerprint density at radius 3 is 2.37 bits per heavy atom. The van der Waals surface area contributed by atoms with E-state index in [0.29, 0.717) is 31.1 Å². The summed E-state index contributed by atoms with van der Waals surface area (Å²) in [6.45, 7) is 19.7. The lowest BCUT2D eigenvalue weighted by Gasteiger charge is -2.61. The Kier molecular flexibility index (Phi) is 6.54. The number of carbonyl (C=O) groups is 1. The van der Waals surface area contributed by atoms with Crippen LogP contribution in [0, 0.1) is 45.3 Å². The van der Waals surface area contributed by atoms with E-state index in [1.807, 2.05) is 0 Å². The monoisotopic (exact) mass is 484 g/mol. The smallest absolute Gasteiger partial charge is 0.306 e. The molecule has 0 saturated heterocycles. The zero-order chi connectivity index (χ0) is 26.1. The minimum atomic E-state index is -0.793. The van der Waals surface area contributed by atoms with Gasteiger partial charge in [0.15, 0.2) is 0 Å². The highest BCUT2D eigenvalue weighted by atomic mass is 16.4. The molecule has 0 aromatic carbocycles. The van der Waals surface area contributed by atoms with Gasteiger partial charge in [-0.2, -0.15) is 0 Å². The van der Waals surface area contributed by atoms with E-state index in [2.05, 4.69) is 67.2 Å². The first-order valence-corrected chi connectivity index (χ1v) is 13.8. The Balaban J connectivity index is 1.72. The third-order valence-corrected chi connectivity index (χ3v) is 11.6. The lowest BCUT2D eigenvalue weighted by atomic mass is 9.44. The number of rotatable bonds is 6. The number of fused-ring (bicyclic) bond motifs is 5. The minimum Gasteiger partial charge on any atom is -0.481 e. The maximum atomic E-state index is 12.6. The Hall–Kier alpha value is -1.39. The second kappa shape index (κ2) is 8.58. The molecule has 0 heterocycles. The first-order valence-electron chi connectivity index (χ1n) is 13.8. The molecule has 3 N–H and O–H groups in total. The number of hydrogen-bond donors (Lipinski definition) is 3. The predicted octanol–water partition coefficient (Wildman–Crippen LogP) is 6.54. The van der Waals surface area contributed by atoms with Crippen molar-refractivity contribution in [3.05, 3.63) is 35.5 Å². The molecule has 0 aliphatic heterocycles. The van der Waals surface area contributed by atoms with Crippen LogP contribution in [0.5, 0.6) is 0 Å². The molecule has 4 aliphatic rings. The minimum absolute atomic E-state index is 0.00139. The number of hydrogen-bond acceptors (Lipinski definition) is 3. The first kappa shape index (κ1) is 26.7. The molecule has 2 fully saturated rings. The van der Waals surface area contributed by atoms with E-state index >= 15 is 0 Å². The standard InChI is InChI=1S/C31H48O4/c1-18(2)19(3)9-10-20(27(34)35)26-23(32)17-31(8)22-11-12-24-28(4,5)25(33)14-15-29(24,6)21(22)13-16-30(26,31)7/h11,13,18,20,23-26,32-33H,3,9-10,12,14-17H2,1-2,4-8H3,(H,34,35)/t20-,23-,24+,25-,26+,29-,30-,31+/m1/s1. The maximum absolute atomic E-state index is 12.6. The molecule has 4 heteroatoms. The molecule has 0 unspecified atom stereocenters. The molecule has 4 rings (SSSR count). The van der Waals surface area contributed by atoms with Gasteiger partial charge in [-0.3, -0.25) is 4.79 Å². The molecule has 8 atom stereocenters. The number of aliphatic hydroxyl groups is 2. The van der Waals surface area contributed by atoms with Crippen LogP contribution in [-0.4, -0.2) is 33.5 Å². The molecular formula is C31H48O4. The van der Waals surface area contributed by atoms with Crippen molar-refractivity contribution in [3.63, 3.8) is 0 Å². The van der Waals surface area contributed by atoms with E-state index in [0.717, 1.165) is 31.3 Å². The Morgan fingerprint density at radius 1 is 1.11 bits per heavy atom. The van der Waals surface area contributed by atoms with Gasteiger partial charge in [0.25, 0.3) is 0 Å². The molecule has 196 valence electrons. The fourth-order valence-electron chi connectivity index (χ4n) is 8.90. The largest absolute Gasteiger partial charge is 0.481 e. The number of aliphatic hydroxyl groups excluding tert-OH is 2. The molecule has 0 aromatic rings. The summed E-state index contributed by atoms with van der Waals surface area (Å²) in [7, 11) is 0. The van der Waals surface area contributed by atoms with Crippen LogP contribution in [-0.2, 0) is 4.79 Å². The zero-order valence-electron chi connectivity index (χ0n) is 23.0. The van der Waals surface area contributed by atoms with Crippen LogP contribution in [0.1, 0.15) is 93.4 Å². The first-order chi connectivity index (χ1) is 16.1. The van der Waals surface area contributed by atoms with Gasteiger partial charge in [0, 0.05) is 11.3 Å². The van der Waals surface area contributed by atoms with Crippen molar-refractivity contribution < 1.29 is 20.1 Å². The van der Waals surface area contributed by atoms with Gasteiger partial charge < -0.3 is 15.3 Å². The quantitative estimate of drug-likeness (QED) is 0.374. The average molecular weight is 485 g/mol. The van der Waals surface area contributed by atoms with E-state index in [4.69, 9.17) is 0 Å². The molecule has 4 aliphatic carbocycles. The topological polar surface area (TPSA) is 77.8 Å². The lowest BCUT2D eigenvalue weighted by molar-refractivity contribution is -0.148. The van der Waals surface area contributed by atoms with E-state index < -0.39 is 18.0 Å². The fourth-order valence-corrected chi connectivity index (χ4v) is 8.90. The van der Waals surface area contributed by atoms with Crippen molar-refractivity contribution in [2.24, 2.45) is 45.3 Å². The third-order valence-electron chi connectivity index (χ3n) is 11.6. The van der Waals surface area contributed by atoms with Crippen molar-refractivity contribution in [1.82, 2.24) is 0 Å². The van der Waals surface area contributed by atoms with Crippen LogP contribution in [0.15, 0.2) is 35.5 Å². The van der Waals surface area contributed by atoms with Crippen LogP contribution in [0.25, 0.3) is 0 Å². The molecule has 4 nitrogen and oxygen atoms in total. The summed E-state index contributed by atoms with van der Waals surface area (Å²) in [5, 5.41) is 32.6. The average Bonchev–Trinajstić information content (AvgIpc) is 2.97. The van der Waals surface area contributed by atoms with Gasteiger partial charge in [-0.1, -0.05) is 72.8 Å². The van der Waals surface area contributed by atoms with Crippen LogP contribution in [0.3, 0.4) is 0 Å². The Labute approximate surface area is 212 Å². The summed E-state index contributed by atoms with van der Waals surface area (Å²) in [5.74, 6) is -0.966. The number of carboxylic acid groups (broad SMARTS) is 1. The summed E-state index contributed by atoms with van der Waals surface area (Å²) >= 11 is 0. The third kappa shape index (κ3) is 3.72. The van der Waals surface area contributed by atoms with Crippen LogP contribution in [0.4, 0.5) is 0 Å². The summed E-state index contributed by atoms with van der Waals surface area (Å²) in [5.41, 5.74) is 3.09. The van der Waals surface area contributed by atoms with Gasteiger partial charge >= 0.3 is 5.97 Å². The number of aliphatic carboxylic acids is 1. The SMILES string of the molecule is C=C(CC[C@@H](C(=O)O)[C@H]1[C@H](O)C[C@@]2(C)C3=CC[C@H]4C(C)(C)[C@H](O)CC[C@]4(C)C3=CC[C@]12C)C(C)C. The summed E-state index contributed by atoms with van der Waals surface area (Å²) in [4.78, 5) is 12.6. The lowest BCUT2D eigenvalue weighted by Crippen LogP contribution is -2.54. The van der Waals surface area contributed by atoms with Gasteiger partial charge in [-0.25, -0.2) is 0 Å². The summed E-state index contributed by atoms with van der Waals surface area (Å²) in [6, 6.07) is 0. The van der Waals surface area contributed by atoms with Crippen molar-refractivity contribution in [3.8, 4) is 0 Å². The Bertz CT molecular complexity index is 957. The normalized spacial score (nSPS) is 42.9. The fraction of sp³-hybridized carbons (Fsp3) is 0.774. The van der Waals surface area contributed by atoms with Crippen molar-refractivity contribution in [2.45, 2.75) is 106 Å². The van der Waals surface area contributed by atoms with Crippen LogP contribution >= 0.6 is 0 Å². The van der Waals surface area contributed by atoms with Crippen molar-refractivity contribution >= 4 is 5.97 Å². The van der Waals surface area contributed by atoms with Crippen LogP contribution < -0.4 is 0 Å². The van der Waals surface area contributed by atoms with Crippen LogP contribution in [0.2, 0.25) is 0 Å². The Morgan fingerprint density at radius 2 is 1.77 bits per heavy atom. The van der Waals surface area contributed by atoms with Crippen molar-refractivity contribution in [2.75, 3.05) is 0 Å². The summed E-state index contributed by atoms with van der Waals surface area (Å²) in [6.07, 6.45) is 9.19. The van der Waals surface area contributed by atoms with Crippen molar-refractivity contribution in [1.29, 1.82) is 0 Å². The molecule has 0 amide bonds. The summed E-state index contributed by atoms with van der Waals surface area (Å²) < 4.78 is 0. The van der Waals surface area contributed by atoms with E-state index in [1.54, 1.807) is 0 Å². The van der Waals surface area contributed by atoms with Gasteiger partial charge in [-0.05, 0) is 84.2 Å². The number of carboxylic acids is 1.